The maximum absolute atomic E-state index is 6.34. The number of fused-ring (bicyclic) bond motifs is 7. The molecule has 50 heavy (non-hydrogen) atoms. The number of nitrogens with one attached hydrogen (secondary N) is 1. The molecular formula is C45H28ClN3O. The minimum Gasteiger partial charge on any atom is -0.456 e. The summed E-state index contributed by atoms with van der Waals surface area (Å²) in [4.78, 5) is 10.6. The molecule has 1 atom stereocenters. The topological polar surface area (TPSA) is 49.9 Å². The standard InChI is InChI=1S/C45H28ClN3O/c46-29-21-22-38-41(26-29)50-40-20-10-19-36(42(38)40)35-23-24-37(33-17-8-7-16-32(33)35)44-47-43(27-11-2-1-3-12-27)48-45(49-44)39-25-28-13-4-5-14-30(28)31-15-6-9-18-34(31)39/h1-26,43H,(H,47,48,49). The van der Waals surface area contributed by atoms with E-state index in [1.54, 1.807) is 0 Å². The molecule has 0 spiro atoms. The Kier molecular flexibility index (Phi) is 6.58. The molecule has 0 bridgehead atoms. The summed E-state index contributed by atoms with van der Waals surface area (Å²) >= 11 is 6.34. The van der Waals surface area contributed by atoms with E-state index in [-0.39, 0.29) is 6.17 Å². The number of nitrogens with zero attached hydrogens (tertiary/aromatic N) is 2. The summed E-state index contributed by atoms with van der Waals surface area (Å²) in [6.45, 7) is 0. The number of hydrogen-bond donors (Lipinski definition) is 1. The van der Waals surface area contributed by atoms with Crippen LogP contribution in [0.15, 0.2) is 172 Å². The molecule has 1 N–H and O–H groups in total. The van der Waals surface area contributed by atoms with Crippen LogP contribution in [-0.2, 0) is 0 Å². The zero-order valence-electron chi connectivity index (χ0n) is 26.8. The van der Waals surface area contributed by atoms with Crippen molar-refractivity contribution in [2.24, 2.45) is 9.98 Å². The molecular weight excluding hydrogens is 634 g/mol. The molecule has 0 saturated heterocycles. The third-order valence-electron chi connectivity index (χ3n) is 9.80. The van der Waals surface area contributed by atoms with Crippen LogP contribution in [0.5, 0.6) is 0 Å². The van der Waals surface area contributed by atoms with Crippen LogP contribution in [0.4, 0.5) is 0 Å². The van der Waals surface area contributed by atoms with Gasteiger partial charge in [0.1, 0.15) is 23.2 Å². The van der Waals surface area contributed by atoms with Gasteiger partial charge >= 0.3 is 0 Å². The van der Waals surface area contributed by atoms with Crippen LogP contribution in [-0.4, -0.2) is 11.7 Å². The average Bonchev–Trinajstić information content (AvgIpc) is 3.55. The quantitative estimate of drug-likeness (QED) is 0.191. The Morgan fingerprint density at radius 1 is 0.500 bits per heavy atom. The lowest BCUT2D eigenvalue weighted by molar-refractivity contribution is 0.669. The molecule has 1 unspecified atom stereocenters. The van der Waals surface area contributed by atoms with Crippen LogP contribution < -0.4 is 5.32 Å². The van der Waals surface area contributed by atoms with E-state index in [1.165, 1.54) is 10.8 Å². The van der Waals surface area contributed by atoms with E-state index < -0.39 is 0 Å². The number of furan rings is 1. The van der Waals surface area contributed by atoms with Gasteiger partial charge in [-0.05, 0) is 73.3 Å². The number of aliphatic imine (C=N–C) groups is 2. The molecule has 10 rings (SSSR count). The van der Waals surface area contributed by atoms with Gasteiger partial charge in [-0.2, -0.15) is 0 Å². The first-order valence-corrected chi connectivity index (χ1v) is 17.1. The lowest BCUT2D eigenvalue weighted by atomic mass is 9.92. The van der Waals surface area contributed by atoms with E-state index in [4.69, 9.17) is 26.0 Å². The van der Waals surface area contributed by atoms with E-state index >= 15 is 0 Å². The van der Waals surface area contributed by atoms with Crippen LogP contribution in [0.3, 0.4) is 0 Å². The second kappa shape index (κ2) is 11.4. The summed E-state index contributed by atoms with van der Waals surface area (Å²) in [7, 11) is 0. The molecule has 1 aromatic heterocycles. The number of rotatable bonds is 4. The van der Waals surface area contributed by atoms with Gasteiger partial charge in [0.2, 0.25) is 0 Å². The van der Waals surface area contributed by atoms with Crippen molar-refractivity contribution in [3.63, 3.8) is 0 Å². The first-order valence-electron chi connectivity index (χ1n) is 16.7. The van der Waals surface area contributed by atoms with Crippen molar-refractivity contribution >= 4 is 77.5 Å². The smallest absolute Gasteiger partial charge is 0.160 e. The van der Waals surface area contributed by atoms with Crippen LogP contribution >= 0.6 is 11.6 Å². The largest absolute Gasteiger partial charge is 0.456 e. The number of hydrogen-bond acceptors (Lipinski definition) is 4. The SMILES string of the molecule is Clc1ccc2c(c1)oc1cccc(-c3ccc(C4=NC(c5cc6ccccc6c6ccccc56)=NC(c5ccccc5)N4)c4ccccc34)c12. The normalized spacial score (nSPS) is 14.7. The fourth-order valence-electron chi connectivity index (χ4n) is 7.52. The van der Waals surface area contributed by atoms with Crippen molar-refractivity contribution in [2.75, 3.05) is 0 Å². The Morgan fingerprint density at radius 3 is 2.00 bits per heavy atom. The molecule has 5 heteroatoms. The number of halogens is 1. The van der Waals surface area contributed by atoms with Gasteiger partial charge in [0, 0.05) is 33.0 Å². The Labute approximate surface area is 293 Å². The minimum absolute atomic E-state index is 0.319. The van der Waals surface area contributed by atoms with Gasteiger partial charge < -0.3 is 9.73 Å². The molecule has 0 radical (unpaired) electrons. The highest BCUT2D eigenvalue weighted by atomic mass is 35.5. The summed E-state index contributed by atoms with van der Waals surface area (Å²) in [5.41, 5.74) is 6.94. The van der Waals surface area contributed by atoms with E-state index in [2.05, 4.69) is 133 Å². The molecule has 1 aliphatic rings. The van der Waals surface area contributed by atoms with Crippen molar-refractivity contribution in [1.29, 1.82) is 0 Å². The second-order valence-electron chi connectivity index (χ2n) is 12.7. The maximum atomic E-state index is 6.34. The van der Waals surface area contributed by atoms with E-state index in [1.807, 2.05) is 30.3 Å². The first-order chi connectivity index (χ1) is 24.7. The number of benzene rings is 8. The minimum atomic E-state index is -0.319. The third-order valence-corrected chi connectivity index (χ3v) is 10.0. The monoisotopic (exact) mass is 661 g/mol. The summed E-state index contributed by atoms with van der Waals surface area (Å²) in [6.07, 6.45) is -0.319. The van der Waals surface area contributed by atoms with Gasteiger partial charge in [0.25, 0.3) is 0 Å². The predicted octanol–water partition coefficient (Wildman–Crippen LogP) is 11.9. The number of amidine groups is 2. The lowest BCUT2D eigenvalue weighted by Gasteiger charge is -2.25. The predicted molar refractivity (Wildman–Crippen MR) is 209 cm³/mol. The van der Waals surface area contributed by atoms with E-state index in [0.717, 1.165) is 77.1 Å². The van der Waals surface area contributed by atoms with Gasteiger partial charge in [-0.1, -0.05) is 139 Å². The molecule has 9 aromatic rings. The van der Waals surface area contributed by atoms with Crippen molar-refractivity contribution in [2.45, 2.75) is 6.17 Å². The summed E-state index contributed by atoms with van der Waals surface area (Å²) in [6, 6.07) is 54.7. The molecule has 236 valence electrons. The summed E-state index contributed by atoms with van der Waals surface area (Å²) < 4.78 is 6.26. The highest BCUT2D eigenvalue weighted by Crippen LogP contribution is 2.41. The van der Waals surface area contributed by atoms with Crippen molar-refractivity contribution in [1.82, 2.24) is 5.32 Å². The molecule has 1 aliphatic heterocycles. The van der Waals surface area contributed by atoms with Gasteiger partial charge in [-0.3, -0.25) is 0 Å². The van der Waals surface area contributed by atoms with Gasteiger partial charge in [-0.15, -0.1) is 0 Å². The zero-order chi connectivity index (χ0) is 33.2. The van der Waals surface area contributed by atoms with Crippen molar-refractivity contribution in [3.05, 3.63) is 179 Å². The first kappa shape index (κ1) is 28.8. The Bertz CT molecular complexity index is 2870. The van der Waals surface area contributed by atoms with E-state index in [9.17, 15) is 0 Å². The fraction of sp³-hybridized carbons (Fsp3) is 0.0222. The van der Waals surface area contributed by atoms with Crippen LogP contribution in [0, 0.1) is 0 Å². The van der Waals surface area contributed by atoms with Crippen LogP contribution in [0.2, 0.25) is 5.02 Å². The fourth-order valence-corrected chi connectivity index (χ4v) is 7.68. The Hall–Kier alpha value is -6.23. The Balaban J connectivity index is 1.19. The Morgan fingerprint density at radius 2 is 1.18 bits per heavy atom. The highest BCUT2D eigenvalue weighted by molar-refractivity contribution is 6.31. The third kappa shape index (κ3) is 4.61. The van der Waals surface area contributed by atoms with Gasteiger partial charge in [0.15, 0.2) is 5.84 Å². The highest BCUT2D eigenvalue weighted by Gasteiger charge is 2.24. The summed E-state index contributed by atoms with van der Waals surface area (Å²) in [5.74, 6) is 1.49. The zero-order valence-corrected chi connectivity index (χ0v) is 27.5. The molecule has 0 aliphatic carbocycles. The molecule has 4 nitrogen and oxygen atoms in total. The average molecular weight is 662 g/mol. The van der Waals surface area contributed by atoms with Gasteiger partial charge in [0.05, 0.1) is 0 Å². The lowest BCUT2D eigenvalue weighted by Crippen LogP contribution is -2.33. The van der Waals surface area contributed by atoms with Crippen LogP contribution in [0.25, 0.3) is 65.4 Å². The molecule has 2 heterocycles. The van der Waals surface area contributed by atoms with Crippen LogP contribution in [0.1, 0.15) is 22.9 Å². The van der Waals surface area contributed by atoms with E-state index in [0.29, 0.717) is 10.9 Å². The molecule has 0 saturated carbocycles. The van der Waals surface area contributed by atoms with Gasteiger partial charge in [-0.25, -0.2) is 9.98 Å². The maximum Gasteiger partial charge on any atom is 0.160 e. The summed E-state index contributed by atoms with van der Waals surface area (Å²) in [5, 5.41) is 13.4. The van der Waals surface area contributed by atoms with Crippen molar-refractivity contribution in [3.8, 4) is 11.1 Å². The molecule has 0 amide bonds. The van der Waals surface area contributed by atoms with Crippen molar-refractivity contribution < 1.29 is 4.42 Å². The molecule has 8 aromatic carbocycles. The molecule has 0 fully saturated rings. The second-order valence-corrected chi connectivity index (χ2v) is 13.1.